The third kappa shape index (κ3) is 2.93. The van der Waals surface area contributed by atoms with E-state index in [0.717, 1.165) is 11.1 Å². The van der Waals surface area contributed by atoms with Crippen LogP contribution in [0.3, 0.4) is 0 Å². The summed E-state index contributed by atoms with van der Waals surface area (Å²) in [6.07, 6.45) is 0.374. The molecule has 5 nitrogen and oxygen atoms in total. The number of ether oxygens (including phenoxy) is 2. The Morgan fingerprint density at radius 2 is 2.11 bits per heavy atom. The van der Waals surface area contributed by atoms with Gasteiger partial charge in [0.2, 0.25) is 0 Å². The second-order valence-corrected chi connectivity index (χ2v) is 4.87. The predicted octanol–water partition coefficient (Wildman–Crippen LogP) is 2.28. The summed E-state index contributed by atoms with van der Waals surface area (Å²) < 4.78 is 11.0. The molecule has 0 amide bonds. The van der Waals surface area contributed by atoms with Gasteiger partial charge in [-0.15, -0.1) is 0 Å². The molecule has 0 aromatic heterocycles. The normalized spacial score (nSPS) is 15.1. The largest absolute Gasteiger partial charge is 0.486 e. The van der Waals surface area contributed by atoms with E-state index in [1.807, 2.05) is 6.92 Å². The average molecular weight is 286 g/mol. The highest BCUT2D eigenvalue weighted by Crippen LogP contribution is 2.43. The van der Waals surface area contributed by atoms with Crippen molar-refractivity contribution in [3.8, 4) is 11.5 Å². The average Bonchev–Trinajstić information content (AvgIpc) is 2.40. The third-order valence-corrected chi connectivity index (χ3v) is 3.40. The maximum atomic E-state index is 10.6. The minimum Gasteiger partial charge on any atom is -0.486 e. The Morgan fingerprint density at radius 3 is 2.74 bits per heavy atom. The fourth-order valence-electron chi connectivity index (χ4n) is 2.14. The number of carboxylic acid groups (broad SMARTS) is 1. The zero-order chi connectivity index (χ0) is 14.0. The van der Waals surface area contributed by atoms with E-state index in [4.69, 9.17) is 31.9 Å². The second kappa shape index (κ2) is 5.67. The van der Waals surface area contributed by atoms with Gasteiger partial charge >= 0.3 is 5.97 Å². The van der Waals surface area contributed by atoms with Gasteiger partial charge in [0.1, 0.15) is 13.2 Å². The van der Waals surface area contributed by atoms with Gasteiger partial charge in [0.05, 0.1) is 5.02 Å². The molecule has 1 atom stereocenters. The lowest BCUT2D eigenvalue weighted by Gasteiger charge is -2.24. The van der Waals surface area contributed by atoms with Crippen molar-refractivity contribution in [3.05, 3.63) is 22.2 Å². The van der Waals surface area contributed by atoms with E-state index in [0.29, 0.717) is 36.2 Å². The molecular formula is C13H16ClNO4. The molecule has 0 bridgehead atoms. The SMILES string of the molecule is Cc1c(C(N)CCC(=O)O)cc(Cl)c2c1OCCO2. The minimum atomic E-state index is -0.864. The zero-order valence-electron chi connectivity index (χ0n) is 10.6. The van der Waals surface area contributed by atoms with Crippen LogP contribution in [0.1, 0.15) is 30.0 Å². The molecule has 0 fully saturated rings. The third-order valence-electron chi connectivity index (χ3n) is 3.12. The van der Waals surface area contributed by atoms with Crippen molar-refractivity contribution < 1.29 is 19.4 Å². The molecule has 2 rings (SSSR count). The smallest absolute Gasteiger partial charge is 0.303 e. The first kappa shape index (κ1) is 14.0. The molecule has 1 heterocycles. The number of rotatable bonds is 4. The van der Waals surface area contributed by atoms with Crippen molar-refractivity contribution >= 4 is 17.6 Å². The molecular weight excluding hydrogens is 270 g/mol. The first-order valence-corrected chi connectivity index (χ1v) is 6.44. The summed E-state index contributed by atoms with van der Waals surface area (Å²) in [5.74, 6) is 0.288. The molecule has 1 aliphatic rings. The highest BCUT2D eigenvalue weighted by atomic mass is 35.5. The molecule has 1 aromatic rings. The number of carbonyl (C=O) groups is 1. The first-order chi connectivity index (χ1) is 9.00. The van der Waals surface area contributed by atoms with E-state index in [1.54, 1.807) is 6.07 Å². The lowest BCUT2D eigenvalue weighted by Crippen LogP contribution is -2.19. The van der Waals surface area contributed by atoms with Gasteiger partial charge in [0.25, 0.3) is 0 Å². The van der Waals surface area contributed by atoms with Crippen LogP contribution in [0, 0.1) is 6.92 Å². The first-order valence-electron chi connectivity index (χ1n) is 6.06. The lowest BCUT2D eigenvalue weighted by atomic mass is 9.97. The summed E-state index contributed by atoms with van der Waals surface area (Å²) in [6, 6.07) is 1.35. The quantitative estimate of drug-likeness (QED) is 0.887. The number of fused-ring (bicyclic) bond motifs is 1. The number of nitrogens with two attached hydrogens (primary N) is 1. The van der Waals surface area contributed by atoms with Crippen molar-refractivity contribution in [1.29, 1.82) is 0 Å². The van der Waals surface area contributed by atoms with Gasteiger partial charge in [-0.2, -0.15) is 0 Å². The summed E-state index contributed by atoms with van der Waals surface area (Å²) >= 11 is 6.15. The highest BCUT2D eigenvalue weighted by molar-refractivity contribution is 6.32. The Balaban J connectivity index is 2.31. The summed E-state index contributed by atoms with van der Waals surface area (Å²) in [4.78, 5) is 10.6. The maximum absolute atomic E-state index is 10.6. The molecule has 3 N–H and O–H groups in total. The second-order valence-electron chi connectivity index (χ2n) is 4.47. The molecule has 1 unspecified atom stereocenters. The zero-order valence-corrected chi connectivity index (χ0v) is 11.4. The van der Waals surface area contributed by atoms with Crippen molar-refractivity contribution in [2.75, 3.05) is 13.2 Å². The molecule has 0 radical (unpaired) electrons. The van der Waals surface area contributed by atoms with Crippen molar-refractivity contribution in [1.82, 2.24) is 0 Å². The summed E-state index contributed by atoms with van der Waals surface area (Å²) in [6.45, 7) is 2.81. The van der Waals surface area contributed by atoms with Crippen LogP contribution in [0.25, 0.3) is 0 Å². The standard InChI is InChI=1S/C13H16ClNO4/c1-7-8(10(15)2-3-11(16)17)6-9(14)13-12(7)18-4-5-19-13/h6,10H,2-5,15H2,1H3,(H,16,17). The van der Waals surface area contributed by atoms with E-state index in [-0.39, 0.29) is 12.5 Å². The van der Waals surface area contributed by atoms with Gasteiger partial charge in [-0.05, 0) is 30.5 Å². The Morgan fingerprint density at radius 1 is 1.47 bits per heavy atom. The van der Waals surface area contributed by atoms with Crippen LogP contribution in [-0.4, -0.2) is 24.3 Å². The van der Waals surface area contributed by atoms with E-state index in [1.165, 1.54) is 0 Å². The Labute approximate surface area is 116 Å². The Bertz CT molecular complexity index is 504. The van der Waals surface area contributed by atoms with Gasteiger partial charge in [-0.25, -0.2) is 0 Å². The number of halogens is 1. The number of hydrogen-bond acceptors (Lipinski definition) is 4. The number of benzene rings is 1. The minimum absolute atomic E-state index is 0.0205. The van der Waals surface area contributed by atoms with Gasteiger partial charge in [0, 0.05) is 12.5 Å². The van der Waals surface area contributed by atoms with E-state index < -0.39 is 5.97 Å². The van der Waals surface area contributed by atoms with Crippen molar-refractivity contribution in [2.45, 2.75) is 25.8 Å². The van der Waals surface area contributed by atoms with Crippen LogP contribution in [-0.2, 0) is 4.79 Å². The monoisotopic (exact) mass is 285 g/mol. The van der Waals surface area contributed by atoms with Gasteiger partial charge < -0.3 is 20.3 Å². The van der Waals surface area contributed by atoms with Gasteiger partial charge in [-0.3, -0.25) is 4.79 Å². The summed E-state index contributed by atoms with van der Waals surface area (Å²) in [5, 5.41) is 9.14. The maximum Gasteiger partial charge on any atom is 0.303 e. The van der Waals surface area contributed by atoms with Crippen LogP contribution < -0.4 is 15.2 Å². The Hall–Kier alpha value is -1.46. The number of carboxylic acids is 1. The summed E-state index contributed by atoms with van der Waals surface area (Å²) in [5.41, 5.74) is 7.69. The van der Waals surface area contributed by atoms with Gasteiger partial charge in [-0.1, -0.05) is 11.6 Å². The van der Waals surface area contributed by atoms with Crippen molar-refractivity contribution in [2.24, 2.45) is 5.73 Å². The van der Waals surface area contributed by atoms with Crippen LogP contribution in [0.2, 0.25) is 5.02 Å². The van der Waals surface area contributed by atoms with E-state index in [2.05, 4.69) is 0 Å². The van der Waals surface area contributed by atoms with Crippen LogP contribution >= 0.6 is 11.6 Å². The van der Waals surface area contributed by atoms with Crippen LogP contribution in [0.5, 0.6) is 11.5 Å². The van der Waals surface area contributed by atoms with E-state index in [9.17, 15) is 4.79 Å². The molecule has 104 valence electrons. The fraction of sp³-hybridized carbons (Fsp3) is 0.462. The topological polar surface area (TPSA) is 81.8 Å². The van der Waals surface area contributed by atoms with Crippen LogP contribution in [0.15, 0.2) is 6.07 Å². The molecule has 6 heteroatoms. The van der Waals surface area contributed by atoms with Crippen molar-refractivity contribution in [3.63, 3.8) is 0 Å². The lowest BCUT2D eigenvalue weighted by molar-refractivity contribution is -0.137. The molecule has 0 spiro atoms. The predicted molar refractivity (Wildman–Crippen MR) is 71.0 cm³/mol. The summed E-state index contributed by atoms with van der Waals surface area (Å²) in [7, 11) is 0. The number of aliphatic carboxylic acids is 1. The number of hydrogen-bond donors (Lipinski definition) is 2. The highest BCUT2D eigenvalue weighted by Gasteiger charge is 2.23. The molecule has 0 saturated heterocycles. The molecule has 19 heavy (non-hydrogen) atoms. The van der Waals surface area contributed by atoms with E-state index >= 15 is 0 Å². The molecule has 1 aromatic carbocycles. The van der Waals surface area contributed by atoms with Crippen LogP contribution in [0.4, 0.5) is 0 Å². The van der Waals surface area contributed by atoms with Gasteiger partial charge in [0.15, 0.2) is 11.5 Å². The molecule has 1 aliphatic heterocycles. The fourth-order valence-corrected chi connectivity index (χ4v) is 2.39. The molecule has 0 saturated carbocycles. The molecule has 0 aliphatic carbocycles. The Kier molecular flexibility index (Phi) is 4.17.